The predicted molar refractivity (Wildman–Crippen MR) is 87.2 cm³/mol. The summed E-state index contributed by atoms with van der Waals surface area (Å²) in [4.78, 5) is 24.4. The second-order valence-corrected chi connectivity index (χ2v) is 6.34. The first-order valence-corrected chi connectivity index (χ1v) is 7.91. The average molecular weight is 300 g/mol. The van der Waals surface area contributed by atoms with Crippen LogP contribution in [0.15, 0.2) is 23.5 Å². The first-order valence-electron chi connectivity index (χ1n) is 7.91. The Morgan fingerprint density at radius 3 is 2.27 bits per heavy atom. The van der Waals surface area contributed by atoms with Gasteiger partial charge in [-0.3, -0.25) is 9.59 Å². The molecule has 0 bridgehead atoms. The van der Waals surface area contributed by atoms with E-state index >= 15 is 0 Å². The molecule has 0 aromatic heterocycles. The van der Waals surface area contributed by atoms with Crippen LogP contribution in [-0.2, 0) is 9.59 Å². The Morgan fingerprint density at radius 1 is 1.18 bits per heavy atom. The van der Waals surface area contributed by atoms with Crippen LogP contribution in [-0.4, -0.2) is 16.7 Å². The molecule has 0 radical (unpaired) electrons. The molecule has 1 N–H and O–H groups in total. The van der Waals surface area contributed by atoms with E-state index in [0.717, 1.165) is 16.7 Å². The number of carbonyl (C=O) groups excluding carboxylic acids is 2. The fourth-order valence-electron chi connectivity index (χ4n) is 3.60. The van der Waals surface area contributed by atoms with Crippen LogP contribution in [0.1, 0.15) is 60.8 Å². The second-order valence-electron chi connectivity index (χ2n) is 6.34. The van der Waals surface area contributed by atoms with E-state index in [1.807, 2.05) is 20.8 Å². The molecule has 1 unspecified atom stereocenters. The van der Waals surface area contributed by atoms with Crippen molar-refractivity contribution in [2.75, 3.05) is 0 Å². The third-order valence-electron chi connectivity index (χ3n) is 4.34. The summed E-state index contributed by atoms with van der Waals surface area (Å²) in [6.45, 7) is 8.02. The van der Waals surface area contributed by atoms with Crippen LogP contribution in [0.3, 0.4) is 0 Å². The quantitative estimate of drug-likeness (QED) is 0.846. The summed E-state index contributed by atoms with van der Waals surface area (Å²) in [7, 11) is 0. The zero-order valence-corrected chi connectivity index (χ0v) is 13.8. The summed E-state index contributed by atoms with van der Waals surface area (Å²) < 4.78 is 0. The highest BCUT2D eigenvalue weighted by atomic mass is 16.3. The maximum Gasteiger partial charge on any atom is 0.170 e. The van der Waals surface area contributed by atoms with Gasteiger partial charge in [-0.25, -0.2) is 0 Å². The first kappa shape index (κ1) is 16.5. The van der Waals surface area contributed by atoms with Crippen LogP contribution in [0.4, 0.5) is 0 Å². The Hall–Kier alpha value is -1.90. The minimum Gasteiger partial charge on any atom is -0.511 e. The molecule has 0 saturated carbocycles. The lowest BCUT2D eigenvalue weighted by Crippen LogP contribution is -2.24. The van der Waals surface area contributed by atoms with E-state index in [1.54, 1.807) is 0 Å². The molecule has 1 aromatic rings. The van der Waals surface area contributed by atoms with Crippen molar-refractivity contribution in [2.45, 2.75) is 59.3 Å². The van der Waals surface area contributed by atoms with Gasteiger partial charge in [0.05, 0.1) is 5.57 Å². The maximum atomic E-state index is 12.4. The van der Waals surface area contributed by atoms with Crippen LogP contribution >= 0.6 is 0 Å². The highest BCUT2D eigenvalue weighted by Crippen LogP contribution is 2.37. The normalized spacial score (nSPS) is 18.7. The number of benzene rings is 1. The van der Waals surface area contributed by atoms with Gasteiger partial charge in [-0.2, -0.15) is 0 Å². The average Bonchev–Trinajstić information content (AvgIpc) is 2.36. The summed E-state index contributed by atoms with van der Waals surface area (Å²) in [5, 5.41) is 10.2. The SMILES string of the molecule is CCCC(=O)C1=C(O)CC(c2c(C)cc(C)cc2C)CC1=O. The molecule has 3 heteroatoms. The summed E-state index contributed by atoms with van der Waals surface area (Å²) in [6, 6.07) is 4.21. The highest BCUT2D eigenvalue weighted by Gasteiger charge is 2.33. The first-order chi connectivity index (χ1) is 10.3. The summed E-state index contributed by atoms with van der Waals surface area (Å²) in [5.41, 5.74) is 4.66. The lowest BCUT2D eigenvalue weighted by atomic mass is 9.78. The Balaban J connectivity index is 2.36. The molecule has 0 spiro atoms. The highest BCUT2D eigenvalue weighted by molar-refractivity contribution is 6.21. The van der Waals surface area contributed by atoms with E-state index in [-0.39, 0.29) is 28.8 Å². The van der Waals surface area contributed by atoms with E-state index in [0.29, 0.717) is 25.7 Å². The van der Waals surface area contributed by atoms with E-state index in [9.17, 15) is 14.7 Å². The van der Waals surface area contributed by atoms with Crippen molar-refractivity contribution < 1.29 is 14.7 Å². The Kier molecular flexibility index (Phi) is 4.84. The molecule has 118 valence electrons. The third-order valence-corrected chi connectivity index (χ3v) is 4.34. The number of hydrogen-bond acceptors (Lipinski definition) is 3. The molecular formula is C19H24O3. The molecule has 0 amide bonds. The van der Waals surface area contributed by atoms with Gasteiger partial charge in [-0.1, -0.05) is 24.6 Å². The molecule has 0 fully saturated rings. The number of allylic oxidation sites excluding steroid dienone is 2. The molecule has 0 saturated heterocycles. The number of carbonyl (C=O) groups is 2. The van der Waals surface area contributed by atoms with Crippen LogP contribution < -0.4 is 0 Å². The third kappa shape index (κ3) is 3.13. The molecule has 1 atom stereocenters. The lowest BCUT2D eigenvalue weighted by Gasteiger charge is -2.26. The Labute approximate surface area is 132 Å². The Morgan fingerprint density at radius 2 is 1.77 bits per heavy atom. The number of hydrogen-bond donors (Lipinski definition) is 1. The van der Waals surface area contributed by atoms with E-state index in [4.69, 9.17) is 0 Å². The summed E-state index contributed by atoms with van der Waals surface area (Å²) in [6.07, 6.45) is 1.68. The molecule has 1 aliphatic rings. The van der Waals surface area contributed by atoms with E-state index in [2.05, 4.69) is 19.1 Å². The van der Waals surface area contributed by atoms with Crippen molar-refractivity contribution in [3.05, 3.63) is 45.7 Å². The minimum atomic E-state index is -0.221. The van der Waals surface area contributed by atoms with Crippen molar-refractivity contribution in [1.29, 1.82) is 0 Å². The standard InChI is InChI=1S/C19H24O3/c1-5-6-15(20)19-16(21)9-14(10-17(19)22)18-12(3)7-11(2)8-13(18)4/h7-8,14,21H,5-6,9-10H2,1-4H3. The number of ketones is 2. The van der Waals surface area contributed by atoms with Crippen LogP contribution in [0.5, 0.6) is 0 Å². The van der Waals surface area contributed by atoms with E-state index < -0.39 is 0 Å². The second kappa shape index (κ2) is 6.47. The van der Waals surface area contributed by atoms with Crippen LogP contribution in [0.25, 0.3) is 0 Å². The lowest BCUT2D eigenvalue weighted by molar-refractivity contribution is -0.122. The smallest absolute Gasteiger partial charge is 0.170 e. The van der Waals surface area contributed by atoms with Crippen LogP contribution in [0, 0.1) is 20.8 Å². The molecule has 0 aliphatic heterocycles. The monoisotopic (exact) mass is 300 g/mol. The Bertz CT molecular complexity index is 630. The van der Waals surface area contributed by atoms with Crippen molar-refractivity contribution in [1.82, 2.24) is 0 Å². The van der Waals surface area contributed by atoms with Crippen LogP contribution in [0.2, 0.25) is 0 Å². The van der Waals surface area contributed by atoms with Gasteiger partial charge in [0.15, 0.2) is 11.6 Å². The van der Waals surface area contributed by atoms with Gasteiger partial charge in [0.1, 0.15) is 5.76 Å². The number of aryl methyl sites for hydroxylation is 3. The van der Waals surface area contributed by atoms with Crippen molar-refractivity contribution in [3.63, 3.8) is 0 Å². The van der Waals surface area contributed by atoms with Crippen molar-refractivity contribution in [2.24, 2.45) is 0 Å². The summed E-state index contributed by atoms with van der Waals surface area (Å²) >= 11 is 0. The number of Topliss-reactive ketones (excluding diaryl/α,β-unsaturated/α-hetero) is 2. The van der Waals surface area contributed by atoms with Gasteiger partial charge in [0.2, 0.25) is 0 Å². The van der Waals surface area contributed by atoms with Gasteiger partial charge in [-0.05, 0) is 49.8 Å². The largest absolute Gasteiger partial charge is 0.511 e. The number of aliphatic hydroxyl groups excluding tert-OH is 1. The number of aliphatic hydroxyl groups is 1. The molecule has 22 heavy (non-hydrogen) atoms. The summed E-state index contributed by atoms with van der Waals surface area (Å²) in [5.74, 6) is -0.502. The maximum absolute atomic E-state index is 12.4. The molecule has 1 aromatic carbocycles. The van der Waals surface area contributed by atoms with Crippen molar-refractivity contribution >= 4 is 11.6 Å². The van der Waals surface area contributed by atoms with Gasteiger partial charge >= 0.3 is 0 Å². The topological polar surface area (TPSA) is 54.4 Å². The molecule has 1 aliphatic carbocycles. The zero-order chi connectivity index (χ0) is 16.4. The van der Waals surface area contributed by atoms with Gasteiger partial charge < -0.3 is 5.11 Å². The van der Waals surface area contributed by atoms with Crippen molar-refractivity contribution in [3.8, 4) is 0 Å². The molecule has 2 rings (SSSR count). The van der Waals surface area contributed by atoms with Gasteiger partial charge in [0, 0.05) is 19.3 Å². The molecule has 3 nitrogen and oxygen atoms in total. The zero-order valence-electron chi connectivity index (χ0n) is 13.8. The predicted octanol–water partition coefficient (Wildman–Crippen LogP) is 4.24. The van der Waals surface area contributed by atoms with E-state index in [1.165, 1.54) is 5.56 Å². The number of rotatable bonds is 4. The fraction of sp³-hybridized carbons (Fsp3) is 0.474. The van der Waals surface area contributed by atoms with Gasteiger partial charge in [-0.15, -0.1) is 0 Å². The molecule has 0 heterocycles. The molecular weight excluding hydrogens is 276 g/mol. The van der Waals surface area contributed by atoms with Gasteiger partial charge in [0.25, 0.3) is 0 Å². The minimum absolute atomic E-state index is 0.0286. The fourth-order valence-corrected chi connectivity index (χ4v) is 3.60.